The lowest BCUT2D eigenvalue weighted by atomic mass is 10.2. The van der Waals surface area contributed by atoms with Gasteiger partial charge in [-0.3, -0.25) is 10.1 Å². The van der Waals surface area contributed by atoms with Crippen molar-refractivity contribution in [1.82, 2.24) is 4.83 Å². The van der Waals surface area contributed by atoms with Gasteiger partial charge < -0.3 is 4.74 Å². The Bertz CT molecular complexity index is 849. The van der Waals surface area contributed by atoms with E-state index in [0.29, 0.717) is 11.3 Å². The Morgan fingerprint density at radius 2 is 1.96 bits per heavy atom. The van der Waals surface area contributed by atoms with E-state index in [-0.39, 0.29) is 0 Å². The average Bonchev–Trinajstić information content (AvgIpc) is 2.55. The van der Waals surface area contributed by atoms with Crippen LogP contribution in [-0.2, 0) is 10.0 Å². The van der Waals surface area contributed by atoms with E-state index in [0.717, 1.165) is 12.1 Å². The van der Waals surface area contributed by atoms with Crippen molar-refractivity contribution in [3.05, 3.63) is 64.2 Å². The maximum Gasteiger partial charge on any atom is 0.289 e. The fourth-order valence-electron chi connectivity index (χ4n) is 1.78. The molecule has 0 bridgehead atoms. The van der Waals surface area contributed by atoms with Gasteiger partial charge >= 0.3 is 0 Å². The molecule has 0 heterocycles. The third-order valence-corrected chi connectivity index (χ3v) is 4.10. The molecule has 2 rings (SSSR count). The Labute approximate surface area is 132 Å². The first-order chi connectivity index (χ1) is 10.9. The van der Waals surface area contributed by atoms with Crippen molar-refractivity contribution < 1.29 is 18.1 Å². The molecular formula is C14H13N3O5S. The molecular weight excluding hydrogens is 322 g/mol. The molecule has 1 N–H and O–H groups in total. The fraction of sp³-hybridized carbons (Fsp3) is 0.0714. The van der Waals surface area contributed by atoms with Gasteiger partial charge in [0.05, 0.1) is 18.2 Å². The van der Waals surface area contributed by atoms with Crippen molar-refractivity contribution in [2.45, 2.75) is 4.90 Å². The molecule has 0 fully saturated rings. The second kappa shape index (κ2) is 6.88. The number of nitro groups is 1. The van der Waals surface area contributed by atoms with E-state index in [1.165, 1.54) is 25.5 Å². The summed E-state index contributed by atoms with van der Waals surface area (Å²) in [5.74, 6) is 0.593. The Balaban J connectivity index is 2.22. The number of ether oxygens (including phenoxy) is 1. The molecule has 0 aliphatic carbocycles. The number of hydrogen-bond acceptors (Lipinski definition) is 6. The molecule has 0 atom stereocenters. The number of methoxy groups -OCH3 is 1. The lowest BCUT2D eigenvalue weighted by Crippen LogP contribution is -2.19. The first kappa shape index (κ1) is 16.4. The number of hydrazone groups is 1. The normalized spacial score (nSPS) is 11.3. The molecule has 2 aromatic rings. The summed E-state index contributed by atoms with van der Waals surface area (Å²) in [5, 5.41) is 14.5. The van der Waals surface area contributed by atoms with Crippen molar-refractivity contribution >= 4 is 21.9 Å². The van der Waals surface area contributed by atoms with Crippen LogP contribution in [0.25, 0.3) is 0 Å². The summed E-state index contributed by atoms with van der Waals surface area (Å²) < 4.78 is 29.3. The van der Waals surface area contributed by atoms with Crippen LogP contribution in [0.3, 0.4) is 0 Å². The van der Waals surface area contributed by atoms with Crippen molar-refractivity contribution in [2.75, 3.05) is 7.11 Å². The van der Waals surface area contributed by atoms with Crippen molar-refractivity contribution in [3.63, 3.8) is 0 Å². The minimum Gasteiger partial charge on any atom is -0.497 e. The number of nitro benzene ring substituents is 1. The topological polar surface area (TPSA) is 111 Å². The van der Waals surface area contributed by atoms with Gasteiger partial charge in [-0.25, -0.2) is 0 Å². The predicted octanol–water partition coefficient (Wildman–Crippen LogP) is 1.92. The van der Waals surface area contributed by atoms with Gasteiger partial charge in [0, 0.05) is 6.07 Å². The standard InChI is InChI=1S/C14H13N3O5S/c1-22-12-6-4-5-11(9-12)10-15-16-23(20,21)14-8-3-2-7-13(14)17(18)19/h2-10,16H,1H3/b15-10+. The Morgan fingerprint density at radius 1 is 1.22 bits per heavy atom. The third kappa shape index (κ3) is 4.04. The second-order valence-corrected chi connectivity index (χ2v) is 5.98. The van der Waals surface area contributed by atoms with Crippen LogP contribution in [-0.4, -0.2) is 26.7 Å². The quantitative estimate of drug-likeness (QED) is 0.492. The predicted molar refractivity (Wildman–Crippen MR) is 84.0 cm³/mol. The van der Waals surface area contributed by atoms with Gasteiger partial charge in [-0.15, -0.1) is 0 Å². The Morgan fingerprint density at radius 3 is 2.65 bits per heavy atom. The van der Waals surface area contributed by atoms with E-state index in [9.17, 15) is 18.5 Å². The largest absolute Gasteiger partial charge is 0.497 e. The summed E-state index contributed by atoms with van der Waals surface area (Å²) in [7, 11) is -2.64. The summed E-state index contributed by atoms with van der Waals surface area (Å²) in [6.07, 6.45) is 1.27. The molecule has 0 saturated carbocycles. The highest BCUT2D eigenvalue weighted by atomic mass is 32.2. The smallest absolute Gasteiger partial charge is 0.289 e. The highest BCUT2D eigenvalue weighted by Crippen LogP contribution is 2.22. The third-order valence-electron chi connectivity index (χ3n) is 2.83. The van der Waals surface area contributed by atoms with Crippen LogP contribution in [0.4, 0.5) is 5.69 Å². The van der Waals surface area contributed by atoms with E-state index in [1.54, 1.807) is 24.3 Å². The molecule has 0 aliphatic heterocycles. The minimum absolute atomic E-state index is 0.451. The van der Waals surface area contributed by atoms with Gasteiger partial charge in [0.2, 0.25) is 0 Å². The van der Waals surface area contributed by atoms with Gasteiger partial charge in [0.15, 0.2) is 4.90 Å². The minimum atomic E-state index is -4.14. The van der Waals surface area contributed by atoms with Crippen LogP contribution >= 0.6 is 0 Å². The maximum atomic E-state index is 12.1. The van der Waals surface area contributed by atoms with Crippen LogP contribution in [0.5, 0.6) is 5.75 Å². The summed E-state index contributed by atoms with van der Waals surface area (Å²) in [6.45, 7) is 0. The first-order valence-electron chi connectivity index (χ1n) is 6.36. The fourth-order valence-corrected chi connectivity index (χ4v) is 2.74. The van der Waals surface area contributed by atoms with Gasteiger partial charge in [-0.05, 0) is 23.8 Å². The van der Waals surface area contributed by atoms with E-state index >= 15 is 0 Å². The van der Waals surface area contributed by atoms with E-state index in [2.05, 4.69) is 5.10 Å². The van der Waals surface area contributed by atoms with E-state index in [4.69, 9.17) is 4.74 Å². The summed E-state index contributed by atoms with van der Waals surface area (Å²) in [6, 6.07) is 11.8. The number of sulfonamides is 1. The lowest BCUT2D eigenvalue weighted by Gasteiger charge is -2.04. The Kier molecular flexibility index (Phi) is 4.91. The maximum absolute atomic E-state index is 12.1. The first-order valence-corrected chi connectivity index (χ1v) is 7.85. The Hall–Kier alpha value is -2.94. The number of para-hydroxylation sites is 1. The molecule has 0 unspecified atom stereocenters. The van der Waals surface area contributed by atoms with Crippen LogP contribution in [0, 0.1) is 10.1 Å². The summed E-state index contributed by atoms with van der Waals surface area (Å²) >= 11 is 0. The van der Waals surface area contributed by atoms with Gasteiger partial charge in [-0.2, -0.15) is 18.4 Å². The van der Waals surface area contributed by atoms with Crippen LogP contribution in [0.15, 0.2) is 58.5 Å². The SMILES string of the molecule is COc1cccc(/C=N/NS(=O)(=O)c2ccccc2[N+](=O)[O-])c1. The monoisotopic (exact) mass is 335 g/mol. The van der Waals surface area contributed by atoms with Crippen molar-refractivity contribution in [2.24, 2.45) is 5.10 Å². The molecule has 0 saturated heterocycles. The van der Waals surface area contributed by atoms with E-state index in [1.807, 2.05) is 4.83 Å². The van der Waals surface area contributed by atoms with E-state index < -0.39 is 25.5 Å². The van der Waals surface area contributed by atoms with Gasteiger partial charge in [0.1, 0.15) is 5.75 Å². The molecule has 0 aromatic heterocycles. The highest BCUT2D eigenvalue weighted by Gasteiger charge is 2.24. The molecule has 0 spiro atoms. The van der Waals surface area contributed by atoms with Crippen molar-refractivity contribution in [3.8, 4) is 5.75 Å². The zero-order valence-corrected chi connectivity index (χ0v) is 12.9. The van der Waals surface area contributed by atoms with Gasteiger partial charge in [0.25, 0.3) is 15.7 Å². The van der Waals surface area contributed by atoms with Crippen molar-refractivity contribution in [1.29, 1.82) is 0 Å². The number of nitrogens with one attached hydrogen (secondary N) is 1. The summed E-state index contributed by atoms with van der Waals surface area (Å²) in [4.78, 5) is 11.6. The average molecular weight is 335 g/mol. The lowest BCUT2D eigenvalue weighted by molar-refractivity contribution is -0.387. The van der Waals surface area contributed by atoms with Crippen LogP contribution in [0.1, 0.15) is 5.56 Å². The molecule has 2 aromatic carbocycles. The van der Waals surface area contributed by atoms with Crippen LogP contribution in [0.2, 0.25) is 0 Å². The summed E-state index contributed by atoms with van der Waals surface area (Å²) in [5.41, 5.74) is 0.0891. The second-order valence-electron chi connectivity index (χ2n) is 4.35. The molecule has 0 radical (unpaired) electrons. The molecule has 0 aliphatic rings. The molecule has 120 valence electrons. The zero-order valence-electron chi connectivity index (χ0n) is 12.0. The number of hydrogen-bond donors (Lipinski definition) is 1. The zero-order chi connectivity index (χ0) is 16.9. The number of benzene rings is 2. The highest BCUT2D eigenvalue weighted by molar-refractivity contribution is 7.89. The molecule has 9 heteroatoms. The van der Waals surface area contributed by atoms with Gasteiger partial charge in [-0.1, -0.05) is 24.3 Å². The molecule has 0 amide bonds. The van der Waals surface area contributed by atoms with Crippen LogP contribution < -0.4 is 9.57 Å². The molecule has 8 nitrogen and oxygen atoms in total. The molecule has 23 heavy (non-hydrogen) atoms. The number of nitrogens with zero attached hydrogens (tertiary/aromatic N) is 2. The number of rotatable bonds is 6.